The van der Waals surface area contributed by atoms with E-state index < -0.39 is 0 Å². The molecule has 3 atom stereocenters. The molecule has 1 aromatic carbocycles. The van der Waals surface area contributed by atoms with E-state index in [2.05, 4.69) is 20.8 Å². The maximum absolute atomic E-state index is 13.7. The van der Waals surface area contributed by atoms with Gasteiger partial charge < -0.3 is 5.11 Å². The van der Waals surface area contributed by atoms with Crippen LogP contribution in [0.1, 0.15) is 18.4 Å². The average Bonchev–Trinajstić information content (AvgIpc) is 2.87. The van der Waals surface area contributed by atoms with Gasteiger partial charge in [0.1, 0.15) is 5.82 Å². The largest absolute Gasteiger partial charge is 0.393 e. The first-order valence-electron chi connectivity index (χ1n) is 6.48. The number of aliphatic hydroxyl groups excluding tert-OH is 1. The van der Waals surface area contributed by atoms with Crippen LogP contribution in [-0.4, -0.2) is 29.2 Å². The molecule has 1 saturated carbocycles. The van der Waals surface area contributed by atoms with Crippen LogP contribution in [-0.2, 0) is 6.54 Å². The molecule has 1 aromatic rings. The van der Waals surface area contributed by atoms with E-state index in [0.717, 1.165) is 36.0 Å². The normalized spacial score (nSPS) is 31.8. The molecule has 18 heavy (non-hydrogen) atoms. The monoisotopic (exact) mass is 313 g/mol. The van der Waals surface area contributed by atoms with Crippen LogP contribution in [0.3, 0.4) is 0 Å². The van der Waals surface area contributed by atoms with E-state index in [-0.39, 0.29) is 11.9 Å². The Hall–Kier alpha value is -0.450. The molecule has 0 aromatic heterocycles. The Morgan fingerprint density at radius 2 is 2.17 bits per heavy atom. The number of likely N-dealkylation sites (tertiary alicyclic amines) is 1. The van der Waals surface area contributed by atoms with Crippen LogP contribution in [0.15, 0.2) is 22.7 Å². The van der Waals surface area contributed by atoms with Gasteiger partial charge in [0.15, 0.2) is 0 Å². The minimum absolute atomic E-state index is 0.143. The van der Waals surface area contributed by atoms with Crippen molar-refractivity contribution in [2.45, 2.75) is 25.5 Å². The lowest BCUT2D eigenvalue weighted by molar-refractivity contribution is 0.123. The number of halogens is 2. The zero-order chi connectivity index (χ0) is 12.7. The van der Waals surface area contributed by atoms with Gasteiger partial charge in [0.2, 0.25) is 0 Å². The number of hydrogen-bond donors (Lipinski definition) is 1. The standard InChI is InChI=1S/C14H17BrFNO/c15-11-2-3-13(16)10(5-11)7-17-6-9-1-4-14(18)12(9)8-17/h2-3,5,9,12,14,18H,1,4,6-8H2. The zero-order valence-electron chi connectivity index (χ0n) is 10.1. The summed E-state index contributed by atoms with van der Waals surface area (Å²) < 4.78 is 14.6. The Bertz CT molecular complexity index is 453. The van der Waals surface area contributed by atoms with Crippen molar-refractivity contribution >= 4 is 15.9 Å². The van der Waals surface area contributed by atoms with Gasteiger partial charge in [-0.2, -0.15) is 0 Å². The van der Waals surface area contributed by atoms with E-state index in [1.54, 1.807) is 6.07 Å². The van der Waals surface area contributed by atoms with E-state index in [0.29, 0.717) is 18.4 Å². The van der Waals surface area contributed by atoms with Gasteiger partial charge in [0.05, 0.1) is 6.10 Å². The Kier molecular flexibility index (Phi) is 3.43. The Balaban J connectivity index is 1.69. The molecule has 1 N–H and O–H groups in total. The highest BCUT2D eigenvalue weighted by molar-refractivity contribution is 9.10. The summed E-state index contributed by atoms with van der Waals surface area (Å²) in [6.45, 7) is 2.54. The molecule has 0 bridgehead atoms. The maximum Gasteiger partial charge on any atom is 0.127 e. The molecule has 1 aliphatic heterocycles. The second-order valence-electron chi connectivity index (χ2n) is 5.50. The van der Waals surface area contributed by atoms with E-state index in [4.69, 9.17) is 0 Å². The van der Waals surface area contributed by atoms with Gasteiger partial charge in [-0.05, 0) is 37.0 Å². The molecule has 2 nitrogen and oxygen atoms in total. The minimum Gasteiger partial charge on any atom is -0.393 e. The van der Waals surface area contributed by atoms with Crippen molar-refractivity contribution < 1.29 is 9.50 Å². The molecule has 0 spiro atoms. The summed E-state index contributed by atoms with van der Waals surface area (Å²) in [5.41, 5.74) is 0.735. The molecule has 1 heterocycles. The fraction of sp³-hybridized carbons (Fsp3) is 0.571. The lowest BCUT2D eigenvalue weighted by atomic mass is 10.00. The lowest BCUT2D eigenvalue weighted by Gasteiger charge is -2.18. The fourth-order valence-electron chi connectivity index (χ4n) is 3.36. The van der Waals surface area contributed by atoms with Crippen molar-refractivity contribution in [3.63, 3.8) is 0 Å². The van der Waals surface area contributed by atoms with Crippen molar-refractivity contribution in [3.8, 4) is 0 Å². The highest BCUT2D eigenvalue weighted by atomic mass is 79.9. The molecule has 2 fully saturated rings. The van der Waals surface area contributed by atoms with Crippen LogP contribution >= 0.6 is 15.9 Å². The van der Waals surface area contributed by atoms with Crippen LogP contribution in [0.4, 0.5) is 4.39 Å². The van der Waals surface area contributed by atoms with Gasteiger partial charge in [0, 0.05) is 35.6 Å². The van der Waals surface area contributed by atoms with Crippen LogP contribution in [0.25, 0.3) is 0 Å². The number of benzene rings is 1. The van der Waals surface area contributed by atoms with E-state index in [1.165, 1.54) is 6.07 Å². The summed E-state index contributed by atoms with van der Waals surface area (Å²) >= 11 is 3.38. The minimum atomic E-state index is -0.146. The molecule has 3 unspecified atom stereocenters. The number of nitrogens with zero attached hydrogens (tertiary/aromatic N) is 1. The van der Waals surface area contributed by atoms with Gasteiger partial charge in [-0.15, -0.1) is 0 Å². The molecule has 2 aliphatic rings. The van der Waals surface area contributed by atoms with Crippen molar-refractivity contribution in [1.29, 1.82) is 0 Å². The SMILES string of the molecule is OC1CCC2CN(Cc3cc(Br)ccc3F)CC12. The average molecular weight is 314 g/mol. The van der Waals surface area contributed by atoms with Crippen LogP contribution < -0.4 is 0 Å². The van der Waals surface area contributed by atoms with E-state index in [9.17, 15) is 9.50 Å². The quantitative estimate of drug-likeness (QED) is 0.907. The van der Waals surface area contributed by atoms with E-state index in [1.807, 2.05) is 6.07 Å². The van der Waals surface area contributed by atoms with Gasteiger partial charge in [0.25, 0.3) is 0 Å². The smallest absolute Gasteiger partial charge is 0.127 e. The molecule has 0 amide bonds. The fourth-order valence-corrected chi connectivity index (χ4v) is 3.77. The number of aliphatic hydroxyl groups is 1. The summed E-state index contributed by atoms with van der Waals surface area (Å²) in [6, 6.07) is 5.08. The van der Waals surface area contributed by atoms with Crippen LogP contribution in [0.5, 0.6) is 0 Å². The van der Waals surface area contributed by atoms with Crippen LogP contribution in [0, 0.1) is 17.7 Å². The van der Waals surface area contributed by atoms with Crippen LogP contribution in [0.2, 0.25) is 0 Å². The van der Waals surface area contributed by atoms with Crippen molar-refractivity contribution in [2.75, 3.05) is 13.1 Å². The van der Waals surface area contributed by atoms with Crippen molar-refractivity contribution in [3.05, 3.63) is 34.1 Å². The highest BCUT2D eigenvalue weighted by Gasteiger charge is 2.41. The van der Waals surface area contributed by atoms with Gasteiger partial charge in [-0.3, -0.25) is 4.90 Å². The maximum atomic E-state index is 13.7. The molecular weight excluding hydrogens is 297 g/mol. The number of hydrogen-bond acceptors (Lipinski definition) is 2. The molecule has 4 heteroatoms. The first-order chi connectivity index (χ1) is 8.63. The van der Waals surface area contributed by atoms with Gasteiger partial charge in [-0.1, -0.05) is 15.9 Å². The molecule has 3 rings (SSSR count). The summed E-state index contributed by atoms with van der Waals surface area (Å²) in [7, 11) is 0. The van der Waals surface area contributed by atoms with Gasteiger partial charge in [-0.25, -0.2) is 4.39 Å². The predicted octanol–water partition coefficient (Wildman–Crippen LogP) is 2.79. The third kappa shape index (κ3) is 2.33. The predicted molar refractivity (Wildman–Crippen MR) is 71.6 cm³/mol. The second-order valence-corrected chi connectivity index (χ2v) is 6.41. The third-order valence-electron chi connectivity index (χ3n) is 4.30. The summed E-state index contributed by atoms with van der Waals surface area (Å²) in [6.07, 6.45) is 1.91. The molecule has 98 valence electrons. The summed E-state index contributed by atoms with van der Waals surface area (Å²) in [4.78, 5) is 2.27. The van der Waals surface area contributed by atoms with Gasteiger partial charge >= 0.3 is 0 Å². The molecule has 0 radical (unpaired) electrons. The Morgan fingerprint density at radius 3 is 2.94 bits per heavy atom. The Morgan fingerprint density at radius 1 is 1.33 bits per heavy atom. The topological polar surface area (TPSA) is 23.5 Å². The third-order valence-corrected chi connectivity index (χ3v) is 4.79. The first kappa shape index (κ1) is 12.6. The molecular formula is C14H17BrFNO. The van der Waals surface area contributed by atoms with E-state index >= 15 is 0 Å². The first-order valence-corrected chi connectivity index (χ1v) is 7.27. The summed E-state index contributed by atoms with van der Waals surface area (Å²) in [5, 5.41) is 9.87. The second kappa shape index (κ2) is 4.91. The lowest BCUT2D eigenvalue weighted by Crippen LogP contribution is -2.24. The molecule has 1 aliphatic carbocycles. The van der Waals surface area contributed by atoms with Crippen molar-refractivity contribution in [1.82, 2.24) is 4.90 Å². The Labute approximate surface area is 115 Å². The highest BCUT2D eigenvalue weighted by Crippen LogP contribution is 2.38. The number of fused-ring (bicyclic) bond motifs is 1. The van der Waals surface area contributed by atoms with Crippen molar-refractivity contribution in [2.24, 2.45) is 11.8 Å². The number of rotatable bonds is 2. The zero-order valence-corrected chi connectivity index (χ0v) is 11.7. The summed E-state index contributed by atoms with van der Waals surface area (Å²) in [5.74, 6) is 0.867. The molecule has 1 saturated heterocycles.